The van der Waals surface area contributed by atoms with Gasteiger partial charge < -0.3 is 85.0 Å². The Balaban J connectivity index is 1.43. The predicted octanol–water partition coefficient (Wildman–Crippen LogP) is -1.94. The highest BCUT2D eigenvalue weighted by molar-refractivity contribution is 5.74. The molecule has 242 valence electrons. The zero-order chi connectivity index (χ0) is 32.2. The third kappa shape index (κ3) is 5.60. The number of fused-ring (bicyclic) bond motifs is 1. The van der Waals surface area contributed by atoms with Gasteiger partial charge >= 0.3 is 0 Å². The Morgan fingerprint density at radius 1 is 0.659 bits per heavy atom. The lowest BCUT2D eigenvalue weighted by molar-refractivity contribution is -0.324. The van der Waals surface area contributed by atoms with Gasteiger partial charge in [0.25, 0.3) is 0 Å². The number of hydrogen-bond donors (Lipinski definition) is 12. The fourth-order valence-corrected chi connectivity index (χ4v) is 5.01. The number of phenolic OH excluding ortho intramolecular Hbond substituents is 6. The molecule has 44 heavy (non-hydrogen) atoms. The normalized spacial score (nSPS) is 35.3. The van der Waals surface area contributed by atoms with Crippen molar-refractivity contribution >= 4 is 6.08 Å². The molecule has 0 bridgehead atoms. The number of benzene rings is 2. The van der Waals surface area contributed by atoms with Crippen molar-refractivity contribution < 1.29 is 85.0 Å². The van der Waals surface area contributed by atoms with Crippen molar-refractivity contribution in [2.24, 2.45) is 0 Å². The molecule has 17 nitrogen and oxygen atoms in total. The average Bonchev–Trinajstić information content (AvgIpc) is 2.99. The van der Waals surface area contributed by atoms with Gasteiger partial charge in [-0.25, -0.2) is 0 Å². The smallest absolute Gasteiger partial charge is 0.228 e. The van der Waals surface area contributed by atoms with Crippen molar-refractivity contribution in [2.45, 2.75) is 74.4 Å². The van der Waals surface area contributed by atoms with Gasteiger partial charge in [0, 0.05) is 11.6 Å². The molecule has 5 rings (SSSR count). The minimum atomic E-state index is -1.92. The lowest BCUT2D eigenvalue weighted by Gasteiger charge is -2.43. The number of aromatic hydroxyl groups is 6. The van der Waals surface area contributed by atoms with Crippen LogP contribution in [-0.4, -0.2) is 129 Å². The zero-order valence-corrected chi connectivity index (χ0v) is 22.8. The summed E-state index contributed by atoms with van der Waals surface area (Å²) in [4.78, 5) is 0. The molecule has 0 aliphatic carbocycles. The first kappa shape index (κ1) is 31.6. The number of phenols is 6. The van der Waals surface area contributed by atoms with Crippen molar-refractivity contribution in [1.82, 2.24) is 0 Å². The van der Waals surface area contributed by atoms with Crippen molar-refractivity contribution in [2.75, 3.05) is 6.61 Å². The standard InChI is InChI=1S/C27H32O17/c1-7-16(31)21(36)23(38)26(41-7)40-6-15-20(35)22(37)24(39)27(44-15)43-14-4-9-13(5-12(30)19(34)17(9)32)42-25(14)8-2-10(28)18(33)11(29)3-8/h2-5,7,15-16,20-39H,6H2,1H3. The topological polar surface area (TPSA) is 289 Å². The Bertz CT molecular complexity index is 1390. The van der Waals surface area contributed by atoms with Crippen LogP contribution in [0, 0.1) is 0 Å². The summed E-state index contributed by atoms with van der Waals surface area (Å²) >= 11 is 0. The molecule has 0 saturated carbocycles. The van der Waals surface area contributed by atoms with Crippen LogP contribution in [0.2, 0.25) is 0 Å². The SMILES string of the molecule is CC1OC(OCC2OC(OC3=Cc4c(cc(O)c(O)c4O)OC3c3cc(O)c(O)c(O)c3)C(O)C(O)C2O)C(O)C(O)C1O. The zero-order valence-electron chi connectivity index (χ0n) is 22.8. The van der Waals surface area contributed by atoms with Gasteiger partial charge in [-0.1, -0.05) is 0 Å². The molecule has 2 saturated heterocycles. The highest BCUT2D eigenvalue weighted by atomic mass is 16.7. The molecule has 11 atom stereocenters. The maximum Gasteiger partial charge on any atom is 0.228 e. The summed E-state index contributed by atoms with van der Waals surface area (Å²) in [5.74, 6) is -5.33. The van der Waals surface area contributed by atoms with Crippen molar-refractivity contribution in [3.8, 4) is 40.2 Å². The van der Waals surface area contributed by atoms with Crippen LogP contribution >= 0.6 is 0 Å². The van der Waals surface area contributed by atoms with E-state index in [1.807, 2.05) is 0 Å². The van der Waals surface area contributed by atoms with Gasteiger partial charge in [-0.05, 0) is 25.1 Å². The van der Waals surface area contributed by atoms with E-state index in [1.54, 1.807) is 0 Å². The van der Waals surface area contributed by atoms with Gasteiger partial charge in [0.1, 0.15) is 54.2 Å². The van der Waals surface area contributed by atoms with E-state index < -0.39 is 109 Å². The molecule has 2 aromatic rings. The van der Waals surface area contributed by atoms with E-state index in [0.29, 0.717) is 0 Å². The predicted molar refractivity (Wildman–Crippen MR) is 140 cm³/mol. The molecular weight excluding hydrogens is 596 g/mol. The third-order valence-electron chi connectivity index (χ3n) is 7.59. The van der Waals surface area contributed by atoms with Crippen LogP contribution in [0.3, 0.4) is 0 Å². The van der Waals surface area contributed by atoms with E-state index in [9.17, 15) is 61.3 Å². The number of hydrogen-bond acceptors (Lipinski definition) is 17. The summed E-state index contributed by atoms with van der Waals surface area (Å²) < 4.78 is 28.1. The second kappa shape index (κ2) is 12.0. The highest BCUT2D eigenvalue weighted by Crippen LogP contribution is 2.50. The maximum atomic E-state index is 10.7. The molecule has 17 heteroatoms. The summed E-state index contributed by atoms with van der Waals surface area (Å²) in [6.45, 7) is 0.838. The Hall–Kier alpha value is -3.78. The second-order valence-electron chi connectivity index (χ2n) is 10.6. The third-order valence-corrected chi connectivity index (χ3v) is 7.59. The molecule has 3 aliphatic heterocycles. The van der Waals surface area contributed by atoms with Gasteiger partial charge in [0.05, 0.1) is 18.3 Å². The lowest BCUT2D eigenvalue weighted by Crippen LogP contribution is -2.61. The van der Waals surface area contributed by atoms with Crippen molar-refractivity contribution in [3.63, 3.8) is 0 Å². The fraction of sp³-hybridized carbons (Fsp3) is 0.481. The van der Waals surface area contributed by atoms with Crippen molar-refractivity contribution in [3.05, 3.63) is 35.1 Å². The van der Waals surface area contributed by atoms with Gasteiger partial charge in [-0.3, -0.25) is 0 Å². The molecule has 11 unspecified atom stereocenters. The van der Waals surface area contributed by atoms with Gasteiger partial charge in [-0.2, -0.15) is 0 Å². The highest BCUT2D eigenvalue weighted by Gasteiger charge is 2.48. The second-order valence-corrected chi connectivity index (χ2v) is 10.6. The monoisotopic (exact) mass is 628 g/mol. The maximum absolute atomic E-state index is 10.7. The van der Waals surface area contributed by atoms with Crippen LogP contribution in [0.25, 0.3) is 6.08 Å². The van der Waals surface area contributed by atoms with Crippen LogP contribution in [0.4, 0.5) is 0 Å². The Kier molecular flexibility index (Phi) is 8.60. The molecule has 3 heterocycles. The van der Waals surface area contributed by atoms with Crippen LogP contribution in [0.5, 0.6) is 40.2 Å². The van der Waals surface area contributed by atoms with E-state index in [2.05, 4.69) is 0 Å². The van der Waals surface area contributed by atoms with Crippen LogP contribution in [0.1, 0.15) is 24.2 Å². The van der Waals surface area contributed by atoms with Gasteiger partial charge in [0.15, 0.2) is 41.1 Å². The van der Waals surface area contributed by atoms with E-state index in [4.69, 9.17) is 23.7 Å². The minimum Gasteiger partial charge on any atom is -0.504 e. The summed E-state index contributed by atoms with van der Waals surface area (Å²) in [6, 6.07) is 2.96. The van der Waals surface area contributed by atoms with Gasteiger partial charge in [0.2, 0.25) is 12.0 Å². The number of ether oxygens (including phenoxy) is 5. The fourth-order valence-electron chi connectivity index (χ4n) is 5.01. The first-order valence-corrected chi connectivity index (χ1v) is 13.3. The van der Waals surface area contributed by atoms with E-state index in [0.717, 1.165) is 24.3 Å². The summed E-state index contributed by atoms with van der Waals surface area (Å²) in [5.41, 5.74) is -0.256. The van der Waals surface area contributed by atoms with Crippen LogP contribution in [0.15, 0.2) is 24.0 Å². The quantitative estimate of drug-likeness (QED) is 0.155. The molecule has 0 amide bonds. The molecule has 12 N–H and O–H groups in total. The number of rotatable bonds is 6. The molecule has 3 aliphatic rings. The number of aliphatic hydroxyl groups is 6. The minimum absolute atomic E-state index is 0.0502. The van der Waals surface area contributed by atoms with E-state index >= 15 is 0 Å². The Morgan fingerprint density at radius 2 is 1.25 bits per heavy atom. The van der Waals surface area contributed by atoms with Crippen LogP contribution < -0.4 is 4.74 Å². The van der Waals surface area contributed by atoms with E-state index in [1.165, 1.54) is 6.92 Å². The Labute approximate surface area is 247 Å². The molecule has 2 fully saturated rings. The summed E-state index contributed by atoms with van der Waals surface area (Å²) in [7, 11) is 0. The molecule has 0 spiro atoms. The first-order valence-electron chi connectivity index (χ1n) is 13.3. The summed E-state index contributed by atoms with van der Waals surface area (Å²) in [6.07, 6.45) is -16.2. The van der Waals surface area contributed by atoms with Gasteiger partial charge in [-0.15, -0.1) is 0 Å². The Morgan fingerprint density at radius 3 is 1.91 bits per heavy atom. The van der Waals surface area contributed by atoms with Crippen LogP contribution in [-0.2, 0) is 18.9 Å². The molecule has 2 aromatic carbocycles. The average molecular weight is 629 g/mol. The van der Waals surface area contributed by atoms with Crippen molar-refractivity contribution in [1.29, 1.82) is 0 Å². The van der Waals surface area contributed by atoms with E-state index in [-0.39, 0.29) is 22.6 Å². The molecular formula is C27H32O17. The first-order chi connectivity index (χ1) is 20.7. The molecule has 0 radical (unpaired) electrons. The number of aliphatic hydroxyl groups excluding tert-OH is 6. The lowest BCUT2D eigenvalue weighted by atomic mass is 9.98. The summed E-state index contributed by atoms with van der Waals surface area (Å²) in [5, 5.41) is 122. The molecule has 0 aromatic heterocycles. The largest absolute Gasteiger partial charge is 0.504 e.